The van der Waals surface area contributed by atoms with Crippen molar-refractivity contribution in [1.29, 1.82) is 0 Å². The molecule has 0 aromatic carbocycles. The van der Waals surface area contributed by atoms with Crippen LogP contribution in [0.25, 0.3) is 0 Å². The van der Waals surface area contributed by atoms with Crippen LogP contribution in [0.3, 0.4) is 0 Å². The van der Waals surface area contributed by atoms with Gasteiger partial charge < -0.3 is 20.6 Å². The van der Waals surface area contributed by atoms with Gasteiger partial charge in [0.05, 0.1) is 5.41 Å². The van der Waals surface area contributed by atoms with Crippen molar-refractivity contribution >= 4 is 12.0 Å². The Morgan fingerprint density at radius 3 is 2.45 bits per heavy atom. The maximum absolute atomic E-state index is 12.2. The molecule has 3 N–H and O–H groups in total. The van der Waals surface area contributed by atoms with Gasteiger partial charge in [-0.2, -0.15) is 0 Å². The lowest BCUT2D eigenvalue weighted by Gasteiger charge is -2.33. The molecule has 2 aliphatic rings. The number of carbonyl (C=O) groups excluding carboxylic acids is 1. The van der Waals surface area contributed by atoms with Crippen molar-refractivity contribution in [2.24, 2.45) is 5.41 Å². The van der Waals surface area contributed by atoms with Crippen LogP contribution in [0, 0.1) is 5.41 Å². The molecule has 20 heavy (non-hydrogen) atoms. The zero-order chi connectivity index (χ0) is 14.6. The summed E-state index contributed by atoms with van der Waals surface area (Å²) in [5, 5.41) is 15.5. The van der Waals surface area contributed by atoms with Gasteiger partial charge >= 0.3 is 12.0 Å². The number of amides is 2. The van der Waals surface area contributed by atoms with E-state index in [2.05, 4.69) is 10.6 Å². The first kappa shape index (κ1) is 15.1. The van der Waals surface area contributed by atoms with Crippen LogP contribution in [0.4, 0.5) is 4.79 Å². The normalized spacial score (nSPS) is 22.4. The predicted molar refractivity (Wildman–Crippen MR) is 75.6 cm³/mol. The molecule has 0 spiro atoms. The maximum atomic E-state index is 12.2. The third-order valence-corrected chi connectivity index (χ3v) is 4.77. The van der Waals surface area contributed by atoms with E-state index < -0.39 is 11.4 Å². The molecular formula is C14H25N3O3. The van der Waals surface area contributed by atoms with Crippen LogP contribution in [0.5, 0.6) is 0 Å². The van der Waals surface area contributed by atoms with Crippen molar-refractivity contribution in [3.05, 3.63) is 0 Å². The summed E-state index contributed by atoms with van der Waals surface area (Å²) in [6.45, 7) is 2.11. The van der Waals surface area contributed by atoms with Crippen molar-refractivity contribution in [2.45, 2.75) is 44.6 Å². The lowest BCUT2D eigenvalue weighted by molar-refractivity contribution is -0.148. The molecule has 114 valence electrons. The number of nitrogens with zero attached hydrogens (tertiary/aromatic N) is 1. The fraction of sp³-hybridized carbons (Fsp3) is 0.857. The van der Waals surface area contributed by atoms with Crippen LogP contribution in [-0.2, 0) is 4.79 Å². The number of hydrogen-bond acceptors (Lipinski definition) is 3. The first-order valence-electron chi connectivity index (χ1n) is 7.50. The molecule has 0 radical (unpaired) electrons. The zero-order valence-electron chi connectivity index (χ0n) is 12.2. The van der Waals surface area contributed by atoms with Gasteiger partial charge in [0.1, 0.15) is 0 Å². The van der Waals surface area contributed by atoms with Crippen molar-refractivity contribution in [3.63, 3.8) is 0 Å². The Labute approximate surface area is 119 Å². The topological polar surface area (TPSA) is 81.7 Å². The van der Waals surface area contributed by atoms with Gasteiger partial charge in [0.25, 0.3) is 0 Å². The predicted octanol–water partition coefficient (Wildman–Crippen LogP) is 1.02. The summed E-state index contributed by atoms with van der Waals surface area (Å²) in [5.74, 6) is -0.778. The van der Waals surface area contributed by atoms with E-state index in [1.807, 2.05) is 0 Å². The number of carboxylic acids is 1. The molecule has 0 aromatic rings. The highest BCUT2D eigenvalue weighted by Crippen LogP contribution is 2.37. The quantitative estimate of drug-likeness (QED) is 0.719. The summed E-state index contributed by atoms with van der Waals surface area (Å²) in [7, 11) is 1.80. The van der Waals surface area contributed by atoms with Crippen LogP contribution >= 0.6 is 0 Å². The number of aliphatic carboxylic acids is 1. The second-order valence-electron chi connectivity index (χ2n) is 6.04. The number of carboxylic acid groups (broad SMARTS) is 1. The van der Waals surface area contributed by atoms with Gasteiger partial charge in [-0.05, 0) is 38.8 Å². The van der Waals surface area contributed by atoms with Crippen LogP contribution in [0.15, 0.2) is 0 Å². The fourth-order valence-electron chi connectivity index (χ4n) is 3.25. The van der Waals surface area contributed by atoms with Crippen LogP contribution in [0.2, 0.25) is 0 Å². The Kier molecular flexibility index (Phi) is 4.86. The second-order valence-corrected chi connectivity index (χ2v) is 6.04. The molecule has 0 bridgehead atoms. The molecule has 0 unspecified atom stereocenters. The van der Waals surface area contributed by atoms with Gasteiger partial charge in [-0.1, -0.05) is 12.8 Å². The standard InChI is InChI=1S/C14H25N3O3/c1-17(11-4-8-15-9-5-11)13(20)16-10-14(12(18)19)6-2-3-7-14/h11,15H,2-10H2,1H3,(H,16,20)(H,18,19). The number of nitrogens with one attached hydrogen (secondary N) is 2. The summed E-state index contributed by atoms with van der Waals surface area (Å²) in [4.78, 5) is 25.3. The lowest BCUT2D eigenvalue weighted by Crippen LogP contribution is -2.50. The van der Waals surface area contributed by atoms with Crippen LogP contribution in [0.1, 0.15) is 38.5 Å². The summed E-state index contributed by atoms with van der Waals surface area (Å²) in [5.41, 5.74) is -0.745. The highest BCUT2D eigenvalue weighted by Gasteiger charge is 2.41. The zero-order valence-corrected chi connectivity index (χ0v) is 12.2. The minimum Gasteiger partial charge on any atom is -0.481 e. The molecule has 1 aliphatic heterocycles. The SMILES string of the molecule is CN(C(=O)NCC1(C(=O)O)CCCC1)C1CCNCC1. The first-order chi connectivity index (χ1) is 9.55. The molecular weight excluding hydrogens is 258 g/mol. The molecule has 2 fully saturated rings. The summed E-state index contributed by atoms with van der Waals surface area (Å²) < 4.78 is 0. The highest BCUT2D eigenvalue weighted by atomic mass is 16.4. The Hall–Kier alpha value is -1.30. The monoisotopic (exact) mass is 283 g/mol. The molecule has 6 heteroatoms. The van der Waals surface area contributed by atoms with Crippen molar-refractivity contribution in [2.75, 3.05) is 26.7 Å². The summed E-state index contributed by atoms with van der Waals surface area (Å²) in [6, 6.07) is 0.102. The molecule has 0 atom stereocenters. The first-order valence-corrected chi connectivity index (χ1v) is 7.50. The molecule has 2 amide bonds. The molecule has 0 aromatic heterocycles. The lowest BCUT2D eigenvalue weighted by atomic mass is 9.86. The Morgan fingerprint density at radius 1 is 1.30 bits per heavy atom. The number of rotatable bonds is 4. The third-order valence-electron chi connectivity index (χ3n) is 4.77. The number of carbonyl (C=O) groups is 2. The van der Waals surface area contributed by atoms with E-state index in [9.17, 15) is 14.7 Å². The summed E-state index contributed by atoms with van der Waals surface area (Å²) >= 11 is 0. The number of hydrogen-bond donors (Lipinski definition) is 3. The highest BCUT2D eigenvalue weighted by molar-refractivity contribution is 5.78. The van der Waals surface area contributed by atoms with E-state index in [0.29, 0.717) is 12.8 Å². The van der Waals surface area contributed by atoms with Crippen LogP contribution < -0.4 is 10.6 Å². The smallest absolute Gasteiger partial charge is 0.317 e. The van der Waals surface area contributed by atoms with E-state index in [0.717, 1.165) is 38.8 Å². The maximum Gasteiger partial charge on any atom is 0.317 e. The van der Waals surface area contributed by atoms with Gasteiger partial charge in [0.15, 0.2) is 0 Å². The van der Waals surface area contributed by atoms with E-state index in [4.69, 9.17) is 0 Å². The average molecular weight is 283 g/mol. The van der Waals surface area contributed by atoms with Crippen molar-refractivity contribution in [3.8, 4) is 0 Å². The summed E-state index contributed by atoms with van der Waals surface area (Å²) in [6.07, 6.45) is 5.11. The van der Waals surface area contributed by atoms with Gasteiger partial charge in [-0.3, -0.25) is 4.79 Å². The minimum absolute atomic E-state index is 0.149. The van der Waals surface area contributed by atoms with Gasteiger partial charge in [0, 0.05) is 19.6 Å². The molecule has 1 heterocycles. The molecule has 2 rings (SSSR count). The van der Waals surface area contributed by atoms with Gasteiger partial charge in [-0.25, -0.2) is 4.79 Å². The van der Waals surface area contributed by atoms with Crippen LogP contribution in [-0.4, -0.2) is 54.7 Å². The average Bonchev–Trinajstić information content (AvgIpc) is 2.95. The van der Waals surface area contributed by atoms with Crippen molar-refractivity contribution in [1.82, 2.24) is 15.5 Å². The molecule has 1 aliphatic carbocycles. The van der Waals surface area contributed by atoms with Gasteiger partial charge in [-0.15, -0.1) is 0 Å². The Balaban J connectivity index is 1.85. The van der Waals surface area contributed by atoms with Gasteiger partial charge in [0.2, 0.25) is 0 Å². The van der Waals surface area contributed by atoms with E-state index in [1.165, 1.54) is 0 Å². The number of piperidine rings is 1. The van der Waals surface area contributed by atoms with E-state index in [-0.39, 0.29) is 18.6 Å². The largest absolute Gasteiger partial charge is 0.481 e. The third kappa shape index (κ3) is 3.23. The molecule has 6 nitrogen and oxygen atoms in total. The second kappa shape index (κ2) is 6.43. The Bertz CT molecular complexity index is 361. The number of urea groups is 1. The molecule has 1 saturated carbocycles. The van der Waals surface area contributed by atoms with Crippen molar-refractivity contribution < 1.29 is 14.7 Å². The minimum atomic E-state index is -0.778. The molecule has 1 saturated heterocycles. The van der Waals surface area contributed by atoms with E-state index >= 15 is 0 Å². The Morgan fingerprint density at radius 2 is 1.90 bits per heavy atom. The fourth-order valence-corrected chi connectivity index (χ4v) is 3.25. The van der Waals surface area contributed by atoms with E-state index in [1.54, 1.807) is 11.9 Å².